The number of hydrogen-bond donors (Lipinski definition) is 2. The van der Waals surface area contributed by atoms with Crippen molar-refractivity contribution in [1.29, 1.82) is 0 Å². The third-order valence-corrected chi connectivity index (χ3v) is 2.60. The topological polar surface area (TPSA) is 57.8 Å². The molecule has 1 heterocycles. The molecule has 0 spiro atoms. The van der Waals surface area contributed by atoms with Crippen LogP contribution in [0.4, 0.5) is 5.95 Å². The van der Waals surface area contributed by atoms with Crippen LogP contribution in [0.3, 0.4) is 0 Å². The normalized spacial score (nSPS) is 10.8. The summed E-state index contributed by atoms with van der Waals surface area (Å²) in [5.41, 5.74) is 1.55. The van der Waals surface area contributed by atoms with Gasteiger partial charge in [0.25, 0.3) is 5.56 Å². The highest BCUT2D eigenvalue weighted by molar-refractivity contribution is 5.29. The number of aromatic amines is 1. The van der Waals surface area contributed by atoms with Gasteiger partial charge in [0.2, 0.25) is 5.95 Å². The van der Waals surface area contributed by atoms with Gasteiger partial charge in [0.1, 0.15) is 0 Å². The highest BCUT2D eigenvalue weighted by Gasteiger charge is 2.05. The molecule has 1 aromatic rings. The standard InChI is InChI=1S/C12H21N3O/c1-5-10-9(4)11(16)15-12(14-10)13-7-6-8(2)3/h8H,5-7H2,1-4H3,(H2,13,14,15,16). The Morgan fingerprint density at radius 3 is 2.69 bits per heavy atom. The van der Waals surface area contributed by atoms with Crippen molar-refractivity contribution in [2.75, 3.05) is 11.9 Å². The first-order valence-electron chi connectivity index (χ1n) is 5.88. The summed E-state index contributed by atoms with van der Waals surface area (Å²) in [6.45, 7) is 9.00. The minimum Gasteiger partial charge on any atom is -0.356 e. The van der Waals surface area contributed by atoms with Crippen LogP contribution in [0, 0.1) is 12.8 Å². The van der Waals surface area contributed by atoms with Crippen LogP contribution in [-0.2, 0) is 6.42 Å². The molecule has 4 heteroatoms. The fraction of sp³-hybridized carbons (Fsp3) is 0.667. The molecular formula is C12H21N3O. The lowest BCUT2D eigenvalue weighted by atomic mass is 10.1. The van der Waals surface area contributed by atoms with E-state index in [0.29, 0.717) is 11.9 Å². The van der Waals surface area contributed by atoms with Crippen LogP contribution in [0.2, 0.25) is 0 Å². The van der Waals surface area contributed by atoms with E-state index in [0.717, 1.165) is 30.6 Å². The second-order valence-electron chi connectivity index (χ2n) is 4.45. The third-order valence-electron chi connectivity index (χ3n) is 2.60. The maximum atomic E-state index is 11.6. The molecule has 0 aliphatic heterocycles. The number of rotatable bonds is 5. The lowest BCUT2D eigenvalue weighted by Gasteiger charge is -2.09. The predicted octanol–water partition coefficient (Wildman–Crippen LogP) is 2.10. The van der Waals surface area contributed by atoms with E-state index in [1.54, 1.807) is 0 Å². The molecule has 90 valence electrons. The first-order valence-corrected chi connectivity index (χ1v) is 5.88. The largest absolute Gasteiger partial charge is 0.356 e. The number of nitrogens with one attached hydrogen (secondary N) is 2. The van der Waals surface area contributed by atoms with Crippen LogP contribution in [0.25, 0.3) is 0 Å². The van der Waals surface area contributed by atoms with Crippen LogP contribution < -0.4 is 10.9 Å². The van der Waals surface area contributed by atoms with Crippen molar-refractivity contribution in [3.63, 3.8) is 0 Å². The highest BCUT2D eigenvalue weighted by Crippen LogP contribution is 2.05. The van der Waals surface area contributed by atoms with Crippen molar-refractivity contribution in [2.24, 2.45) is 5.92 Å². The monoisotopic (exact) mass is 223 g/mol. The molecule has 0 amide bonds. The van der Waals surface area contributed by atoms with Gasteiger partial charge in [-0.2, -0.15) is 0 Å². The molecule has 0 radical (unpaired) electrons. The SMILES string of the molecule is CCc1nc(NCCC(C)C)[nH]c(=O)c1C. The molecule has 1 aromatic heterocycles. The quantitative estimate of drug-likeness (QED) is 0.803. The summed E-state index contributed by atoms with van der Waals surface area (Å²) in [6, 6.07) is 0. The van der Waals surface area contributed by atoms with Crippen LogP contribution >= 0.6 is 0 Å². The van der Waals surface area contributed by atoms with Gasteiger partial charge in [0.05, 0.1) is 5.69 Å². The summed E-state index contributed by atoms with van der Waals surface area (Å²) < 4.78 is 0. The number of hydrogen-bond acceptors (Lipinski definition) is 3. The van der Waals surface area contributed by atoms with E-state index in [4.69, 9.17) is 0 Å². The van der Waals surface area contributed by atoms with Crippen LogP contribution in [0.5, 0.6) is 0 Å². The van der Waals surface area contributed by atoms with E-state index in [-0.39, 0.29) is 5.56 Å². The lowest BCUT2D eigenvalue weighted by molar-refractivity contribution is 0.605. The van der Waals surface area contributed by atoms with Gasteiger partial charge < -0.3 is 5.32 Å². The van der Waals surface area contributed by atoms with E-state index in [9.17, 15) is 4.79 Å². The Balaban J connectivity index is 2.74. The molecule has 1 rings (SSSR count). The van der Waals surface area contributed by atoms with Crippen molar-refractivity contribution >= 4 is 5.95 Å². The van der Waals surface area contributed by atoms with E-state index in [2.05, 4.69) is 29.1 Å². The molecule has 0 aromatic carbocycles. The van der Waals surface area contributed by atoms with Gasteiger partial charge in [-0.1, -0.05) is 20.8 Å². The van der Waals surface area contributed by atoms with Crippen molar-refractivity contribution in [1.82, 2.24) is 9.97 Å². The van der Waals surface area contributed by atoms with Gasteiger partial charge in [0, 0.05) is 12.1 Å². The maximum Gasteiger partial charge on any atom is 0.255 e. The molecule has 0 atom stereocenters. The number of aryl methyl sites for hydroxylation is 1. The number of nitrogens with zero attached hydrogens (tertiary/aromatic N) is 1. The molecule has 0 unspecified atom stereocenters. The Hall–Kier alpha value is -1.32. The zero-order valence-electron chi connectivity index (χ0n) is 10.6. The number of H-pyrrole nitrogens is 1. The zero-order valence-corrected chi connectivity index (χ0v) is 10.6. The average molecular weight is 223 g/mol. The second-order valence-corrected chi connectivity index (χ2v) is 4.45. The van der Waals surface area contributed by atoms with Gasteiger partial charge in [-0.3, -0.25) is 9.78 Å². The number of aromatic nitrogens is 2. The minimum absolute atomic E-state index is 0.0427. The van der Waals surface area contributed by atoms with Gasteiger partial charge in [-0.25, -0.2) is 4.98 Å². The summed E-state index contributed by atoms with van der Waals surface area (Å²) in [5, 5.41) is 3.15. The van der Waals surface area contributed by atoms with Crippen molar-refractivity contribution in [3.8, 4) is 0 Å². The van der Waals surface area contributed by atoms with Crippen molar-refractivity contribution in [3.05, 3.63) is 21.6 Å². The molecule has 0 bridgehead atoms. The summed E-state index contributed by atoms with van der Waals surface area (Å²) >= 11 is 0. The lowest BCUT2D eigenvalue weighted by Crippen LogP contribution is -2.18. The Kier molecular flexibility index (Phi) is 4.52. The van der Waals surface area contributed by atoms with E-state index in [1.807, 2.05) is 13.8 Å². The Morgan fingerprint density at radius 1 is 1.44 bits per heavy atom. The molecule has 2 N–H and O–H groups in total. The van der Waals surface area contributed by atoms with Gasteiger partial charge in [-0.15, -0.1) is 0 Å². The molecule has 0 aliphatic rings. The molecule has 16 heavy (non-hydrogen) atoms. The average Bonchev–Trinajstić information content (AvgIpc) is 2.22. The molecular weight excluding hydrogens is 202 g/mol. The molecule has 0 fully saturated rings. The van der Waals surface area contributed by atoms with Crippen LogP contribution in [-0.4, -0.2) is 16.5 Å². The Labute approximate surface area is 96.5 Å². The smallest absolute Gasteiger partial charge is 0.255 e. The van der Waals surface area contributed by atoms with Gasteiger partial charge in [-0.05, 0) is 25.7 Å². The molecule has 0 saturated carbocycles. The summed E-state index contributed by atoms with van der Waals surface area (Å²) in [4.78, 5) is 18.7. The fourth-order valence-corrected chi connectivity index (χ4v) is 1.49. The number of anilines is 1. The summed E-state index contributed by atoms with van der Waals surface area (Å²) in [7, 11) is 0. The van der Waals surface area contributed by atoms with Crippen molar-refractivity contribution in [2.45, 2.75) is 40.5 Å². The van der Waals surface area contributed by atoms with Gasteiger partial charge in [0.15, 0.2) is 0 Å². The second kappa shape index (κ2) is 5.68. The van der Waals surface area contributed by atoms with E-state index in [1.165, 1.54) is 0 Å². The molecule has 4 nitrogen and oxygen atoms in total. The first kappa shape index (κ1) is 12.7. The third kappa shape index (κ3) is 3.36. The predicted molar refractivity (Wildman–Crippen MR) is 66.9 cm³/mol. The summed E-state index contributed by atoms with van der Waals surface area (Å²) in [5.74, 6) is 1.24. The van der Waals surface area contributed by atoms with Crippen LogP contribution in [0.1, 0.15) is 38.4 Å². The van der Waals surface area contributed by atoms with E-state index < -0.39 is 0 Å². The molecule has 0 saturated heterocycles. The minimum atomic E-state index is -0.0427. The fourth-order valence-electron chi connectivity index (χ4n) is 1.49. The first-order chi connectivity index (χ1) is 7.54. The van der Waals surface area contributed by atoms with Gasteiger partial charge >= 0.3 is 0 Å². The molecule has 0 aliphatic carbocycles. The Morgan fingerprint density at radius 2 is 2.12 bits per heavy atom. The van der Waals surface area contributed by atoms with Crippen molar-refractivity contribution < 1.29 is 0 Å². The summed E-state index contributed by atoms with van der Waals surface area (Å²) in [6.07, 6.45) is 1.85. The highest BCUT2D eigenvalue weighted by atomic mass is 16.1. The van der Waals surface area contributed by atoms with Crippen LogP contribution in [0.15, 0.2) is 4.79 Å². The van der Waals surface area contributed by atoms with E-state index >= 15 is 0 Å². The maximum absolute atomic E-state index is 11.6. The Bertz CT molecular complexity index is 396. The zero-order chi connectivity index (χ0) is 12.1.